The van der Waals surface area contributed by atoms with Gasteiger partial charge in [0.15, 0.2) is 11.3 Å². The van der Waals surface area contributed by atoms with E-state index in [1.165, 1.54) is 12.1 Å². The number of hydrogen-bond acceptors (Lipinski definition) is 4. The molecule has 0 unspecified atom stereocenters. The Bertz CT molecular complexity index is 1320. The standard InChI is InChI=1S/C21H12F2N4O2/c1-11-19(15-7-6-14(22)8-16(15)23)20-25-17(9-18(21(28)29)27(20)26-11)13-4-2-12(10-24)3-5-13/h2-9H,1H3,(H,28,29). The van der Waals surface area contributed by atoms with Crippen LogP contribution in [0.4, 0.5) is 8.78 Å². The second kappa shape index (κ2) is 6.80. The topological polar surface area (TPSA) is 91.3 Å². The minimum atomic E-state index is -1.24. The molecule has 29 heavy (non-hydrogen) atoms. The van der Waals surface area contributed by atoms with Crippen molar-refractivity contribution in [1.82, 2.24) is 14.6 Å². The third kappa shape index (κ3) is 3.08. The Morgan fingerprint density at radius 2 is 1.86 bits per heavy atom. The van der Waals surface area contributed by atoms with Crippen molar-refractivity contribution in [2.75, 3.05) is 0 Å². The first-order valence-electron chi connectivity index (χ1n) is 8.48. The molecule has 2 aromatic heterocycles. The number of aromatic carboxylic acids is 1. The average Bonchev–Trinajstić information content (AvgIpc) is 3.03. The minimum Gasteiger partial charge on any atom is -0.477 e. The van der Waals surface area contributed by atoms with Crippen molar-refractivity contribution in [2.24, 2.45) is 0 Å². The summed E-state index contributed by atoms with van der Waals surface area (Å²) in [7, 11) is 0. The molecule has 2 heterocycles. The van der Waals surface area contributed by atoms with Gasteiger partial charge in [-0.15, -0.1) is 0 Å². The van der Waals surface area contributed by atoms with E-state index in [2.05, 4.69) is 10.1 Å². The molecule has 0 amide bonds. The van der Waals surface area contributed by atoms with Crippen LogP contribution in [0.1, 0.15) is 21.7 Å². The van der Waals surface area contributed by atoms with Crippen molar-refractivity contribution in [2.45, 2.75) is 6.92 Å². The molecule has 0 aliphatic carbocycles. The number of carboxylic acids is 1. The lowest BCUT2D eigenvalue weighted by Gasteiger charge is -2.07. The normalized spacial score (nSPS) is 10.8. The summed E-state index contributed by atoms with van der Waals surface area (Å²) in [4.78, 5) is 16.3. The number of benzene rings is 2. The molecule has 0 aliphatic rings. The molecule has 0 spiro atoms. The fraction of sp³-hybridized carbons (Fsp3) is 0.0476. The largest absolute Gasteiger partial charge is 0.477 e. The Labute approximate surface area is 163 Å². The highest BCUT2D eigenvalue weighted by Gasteiger charge is 2.22. The SMILES string of the molecule is Cc1nn2c(C(=O)O)cc(-c3ccc(C#N)cc3)nc2c1-c1ccc(F)cc1F. The van der Waals surface area contributed by atoms with E-state index in [1.54, 1.807) is 31.2 Å². The fourth-order valence-electron chi connectivity index (χ4n) is 3.15. The van der Waals surface area contributed by atoms with Gasteiger partial charge in [-0.05, 0) is 37.3 Å². The maximum Gasteiger partial charge on any atom is 0.354 e. The van der Waals surface area contributed by atoms with Crippen LogP contribution in [0.5, 0.6) is 0 Å². The van der Waals surface area contributed by atoms with Gasteiger partial charge in [0, 0.05) is 17.2 Å². The molecular formula is C21H12F2N4O2. The predicted octanol–water partition coefficient (Wildman–Crippen LogP) is 4.22. The van der Waals surface area contributed by atoms with E-state index >= 15 is 0 Å². The Morgan fingerprint density at radius 3 is 2.48 bits per heavy atom. The number of fused-ring (bicyclic) bond motifs is 1. The summed E-state index contributed by atoms with van der Waals surface area (Å²) in [6, 6.07) is 13.0. The first-order valence-corrected chi connectivity index (χ1v) is 8.48. The van der Waals surface area contributed by atoms with Crippen molar-refractivity contribution in [1.29, 1.82) is 5.26 Å². The van der Waals surface area contributed by atoms with Crippen LogP contribution in [-0.4, -0.2) is 25.7 Å². The summed E-state index contributed by atoms with van der Waals surface area (Å²) < 4.78 is 28.9. The highest BCUT2D eigenvalue weighted by atomic mass is 19.1. The number of carboxylic acid groups (broad SMARTS) is 1. The van der Waals surface area contributed by atoms with E-state index in [4.69, 9.17) is 5.26 Å². The zero-order valence-electron chi connectivity index (χ0n) is 15.0. The highest BCUT2D eigenvalue weighted by Crippen LogP contribution is 2.32. The van der Waals surface area contributed by atoms with Crippen LogP contribution in [-0.2, 0) is 0 Å². The fourth-order valence-corrected chi connectivity index (χ4v) is 3.15. The van der Waals surface area contributed by atoms with Crippen LogP contribution in [0.25, 0.3) is 28.0 Å². The summed E-state index contributed by atoms with van der Waals surface area (Å²) >= 11 is 0. The van der Waals surface area contributed by atoms with E-state index in [0.29, 0.717) is 22.5 Å². The molecule has 0 radical (unpaired) electrons. The number of hydrogen-bond donors (Lipinski definition) is 1. The number of aryl methyl sites for hydroxylation is 1. The monoisotopic (exact) mass is 390 g/mol. The average molecular weight is 390 g/mol. The molecule has 0 atom stereocenters. The van der Waals surface area contributed by atoms with Crippen molar-refractivity contribution in [3.8, 4) is 28.5 Å². The van der Waals surface area contributed by atoms with E-state index in [9.17, 15) is 18.7 Å². The van der Waals surface area contributed by atoms with Gasteiger partial charge in [-0.3, -0.25) is 0 Å². The number of aromatic nitrogens is 3. The Hall–Kier alpha value is -4.12. The number of halogens is 2. The molecule has 0 fully saturated rings. The summed E-state index contributed by atoms with van der Waals surface area (Å²) in [6.45, 7) is 1.60. The summed E-state index contributed by atoms with van der Waals surface area (Å²) in [5, 5.41) is 22.8. The molecule has 4 aromatic rings. The molecule has 0 bridgehead atoms. The first-order chi connectivity index (χ1) is 13.9. The minimum absolute atomic E-state index is 0.0692. The molecule has 0 saturated carbocycles. The van der Waals surface area contributed by atoms with Crippen LogP contribution < -0.4 is 0 Å². The highest BCUT2D eigenvalue weighted by molar-refractivity contribution is 5.90. The third-order valence-electron chi connectivity index (χ3n) is 4.49. The van der Waals surface area contributed by atoms with E-state index in [0.717, 1.165) is 16.6 Å². The van der Waals surface area contributed by atoms with Gasteiger partial charge < -0.3 is 5.11 Å². The molecule has 8 heteroatoms. The van der Waals surface area contributed by atoms with Crippen LogP contribution in [0.3, 0.4) is 0 Å². The Kier molecular flexibility index (Phi) is 4.28. The van der Waals surface area contributed by atoms with Crippen molar-refractivity contribution >= 4 is 11.6 Å². The zero-order chi connectivity index (χ0) is 20.7. The number of nitrogens with zero attached hydrogens (tertiary/aromatic N) is 4. The molecular weight excluding hydrogens is 378 g/mol. The summed E-state index contributed by atoms with van der Waals surface area (Å²) in [5.41, 5.74) is 2.02. The molecule has 0 aliphatic heterocycles. The van der Waals surface area contributed by atoms with E-state index in [-0.39, 0.29) is 22.5 Å². The van der Waals surface area contributed by atoms with Crippen molar-refractivity contribution in [3.05, 3.63) is 77.1 Å². The van der Waals surface area contributed by atoms with Crippen LogP contribution >= 0.6 is 0 Å². The van der Waals surface area contributed by atoms with Gasteiger partial charge in [-0.25, -0.2) is 23.1 Å². The maximum absolute atomic E-state index is 14.4. The zero-order valence-corrected chi connectivity index (χ0v) is 15.0. The lowest BCUT2D eigenvalue weighted by atomic mass is 10.0. The van der Waals surface area contributed by atoms with Gasteiger partial charge in [-0.2, -0.15) is 10.4 Å². The summed E-state index contributed by atoms with van der Waals surface area (Å²) in [5.74, 6) is -2.76. The second-order valence-electron chi connectivity index (χ2n) is 6.34. The van der Waals surface area contributed by atoms with E-state index < -0.39 is 17.6 Å². The lowest BCUT2D eigenvalue weighted by Crippen LogP contribution is -2.08. The molecule has 4 rings (SSSR count). The van der Waals surface area contributed by atoms with Gasteiger partial charge in [0.2, 0.25) is 0 Å². The predicted molar refractivity (Wildman–Crippen MR) is 100 cm³/mol. The van der Waals surface area contributed by atoms with Gasteiger partial charge in [0.1, 0.15) is 11.6 Å². The van der Waals surface area contributed by atoms with Crippen LogP contribution in [0.15, 0.2) is 48.5 Å². The smallest absolute Gasteiger partial charge is 0.354 e. The first kappa shape index (κ1) is 18.3. The lowest BCUT2D eigenvalue weighted by molar-refractivity contribution is 0.0687. The number of nitriles is 1. The van der Waals surface area contributed by atoms with E-state index in [1.807, 2.05) is 6.07 Å². The Balaban J connectivity index is 2.03. The number of carbonyl (C=O) groups is 1. The molecule has 0 saturated heterocycles. The van der Waals surface area contributed by atoms with Gasteiger partial charge in [0.05, 0.1) is 28.6 Å². The van der Waals surface area contributed by atoms with Crippen LogP contribution in [0, 0.1) is 29.9 Å². The maximum atomic E-state index is 14.4. The Morgan fingerprint density at radius 1 is 1.14 bits per heavy atom. The quantitative estimate of drug-likeness (QED) is 0.566. The van der Waals surface area contributed by atoms with Gasteiger partial charge >= 0.3 is 5.97 Å². The summed E-state index contributed by atoms with van der Waals surface area (Å²) in [6.07, 6.45) is 0. The molecule has 1 N–H and O–H groups in total. The molecule has 2 aromatic carbocycles. The van der Waals surface area contributed by atoms with Gasteiger partial charge in [-0.1, -0.05) is 12.1 Å². The van der Waals surface area contributed by atoms with Crippen molar-refractivity contribution in [3.63, 3.8) is 0 Å². The second-order valence-corrected chi connectivity index (χ2v) is 6.34. The molecule has 6 nitrogen and oxygen atoms in total. The van der Waals surface area contributed by atoms with Gasteiger partial charge in [0.25, 0.3) is 0 Å². The molecule has 142 valence electrons. The number of rotatable bonds is 3. The van der Waals surface area contributed by atoms with Crippen LogP contribution in [0.2, 0.25) is 0 Å². The van der Waals surface area contributed by atoms with Crippen molar-refractivity contribution < 1.29 is 18.7 Å². The third-order valence-corrected chi connectivity index (χ3v) is 4.49.